The van der Waals surface area contributed by atoms with Crippen LogP contribution in [0.25, 0.3) is 0 Å². The van der Waals surface area contributed by atoms with Crippen LogP contribution in [-0.4, -0.2) is 63.9 Å². The van der Waals surface area contributed by atoms with Crippen LogP contribution in [0.2, 0.25) is 0 Å². The molecule has 0 radical (unpaired) electrons. The van der Waals surface area contributed by atoms with Gasteiger partial charge >= 0.3 is 0 Å². The van der Waals surface area contributed by atoms with E-state index in [9.17, 15) is 9.59 Å². The number of hydrogen-bond donors (Lipinski definition) is 0. The van der Waals surface area contributed by atoms with E-state index < -0.39 is 0 Å². The lowest BCUT2D eigenvalue weighted by molar-refractivity contribution is -0.150. The van der Waals surface area contributed by atoms with E-state index >= 15 is 0 Å². The number of nitrogens with zero attached hydrogens (tertiary/aromatic N) is 3. The fourth-order valence-electron chi connectivity index (χ4n) is 5.19. The third-order valence-corrected chi connectivity index (χ3v) is 7.00. The number of carbonyl (C=O) groups is 2. The van der Waals surface area contributed by atoms with Gasteiger partial charge in [0.1, 0.15) is 6.04 Å². The van der Waals surface area contributed by atoms with Gasteiger partial charge in [-0.05, 0) is 61.7 Å². The third kappa shape index (κ3) is 3.40. The monoisotopic (exact) mass is 375 g/mol. The van der Waals surface area contributed by atoms with Crippen molar-refractivity contribution in [2.75, 3.05) is 31.6 Å². The van der Waals surface area contributed by atoms with E-state index in [0.717, 1.165) is 44.6 Å². The molecular formula is C20H29N3O2S. The van der Waals surface area contributed by atoms with E-state index in [-0.39, 0.29) is 11.9 Å². The zero-order chi connectivity index (χ0) is 18.1. The topological polar surface area (TPSA) is 45.6 Å². The van der Waals surface area contributed by atoms with E-state index in [4.69, 9.17) is 0 Å². The highest BCUT2D eigenvalue weighted by Gasteiger charge is 2.45. The zero-order valence-corrected chi connectivity index (χ0v) is 16.4. The smallest absolute Gasteiger partial charge is 0.245 e. The molecule has 0 saturated carbocycles. The van der Waals surface area contributed by atoms with Crippen LogP contribution in [0.3, 0.4) is 0 Å². The average molecular weight is 376 g/mol. The normalized spacial score (nSPS) is 29.4. The molecule has 0 spiro atoms. The first-order valence-electron chi connectivity index (χ1n) is 9.87. The Bertz CT molecular complexity index is 647. The highest BCUT2D eigenvalue weighted by atomic mass is 32.2. The number of thioether (sulfide) groups is 1. The molecule has 1 aromatic heterocycles. The van der Waals surface area contributed by atoms with Crippen molar-refractivity contribution in [1.82, 2.24) is 14.4 Å². The molecule has 4 heterocycles. The molecule has 2 bridgehead atoms. The van der Waals surface area contributed by atoms with Gasteiger partial charge in [0.2, 0.25) is 11.8 Å². The van der Waals surface area contributed by atoms with Crippen LogP contribution < -0.4 is 0 Å². The van der Waals surface area contributed by atoms with Gasteiger partial charge in [-0.1, -0.05) is 0 Å². The predicted molar refractivity (Wildman–Crippen MR) is 104 cm³/mol. The summed E-state index contributed by atoms with van der Waals surface area (Å²) >= 11 is 1.79. The van der Waals surface area contributed by atoms with Gasteiger partial charge in [0.05, 0.1) is 0 Å². The Kier molecular flexibility index (Phi) is 5.30. The number of piperidine rings is 3. The Morgan fingerprint density at radius 1 is 1.27 bits per heavy atom. The van der Waals surface area contributed by atoms with Gasteiger partial charge in [0, 0.05) is 44.5 Å². The van der Waals surface area contributed by atoms with Gasteiger partial charge in [-0.25, -0.2) is 0 Å². The molecular weight excluding hydrogens is 346 g/mol. The largest absolute Gasteiger partial charge is 0.342 e. The number of fused-ring (bicyclic) bond motifs is 4. The SMILES string of the molecule is CSCC[C@@H](C(=O)N1C[C@H]2C[C@@H](C1)[C@@H]1CCCC(=O)N1C2)n1cccc1. The van der Waals surface area contributed by atoms with Crippen molar-refractivity contribution in [2.24, 2.45) is 11.8 Å². The molecule has 1 aromatic rings. The Morgan fingerprint density at radius 2 is 2.08 bits per heavy atom. The minimum atomic E-state index is -0.0969. The second-order valence-electron chi connectivity index (χ2n) is 8.04. The first-order chi connectivity index (χ1) is 12.7. The highest BCUT2D eigenvalue weighted by Crippen LogP contribution is 2.38. The van der Waals surface area contributed by atoms with Crippen LogP contribution in [-0.2, 0) is 9.59 Å². The van der Waals surface area contributed by atoms with E-state index in [1.807, 2.05) is 24.5 Å². The van der Waals surface area contributed by atoms with Crippen LogP contribution >= 0.6 is 11.8 Å². The zero-order valence-electron chi connectivity index (χ0n) is 15.5. The number of carbonyl (C=O) groups excluding carboxylic acids is 2. The van der Waals surface area contributed by atoms with Gasteiger partial charge in [-0.2, -0.15) is 11.8 Å². The molecule has 5 nitrogen and oxygen atoms in total. The molecule has 0 unspecified atom stereocenters. The first kappa shape index (κ1) is 18.0. The van der Waals surface area contributed by atoms with E-state index in [0.29, 0.717) is 30.2 Å². The Morgan fingerprint density at radius 3 is 2.85 bits per heavy atom. The molecule has 3 saturated heterocycles. The maximum Gasteiger partial charge on any atom is 0.245 e. The van der Waals surface area contributed by atoms with Crippen LogP contribution in [0.5, 0.6) is 0 Å². The number of amides is 2. The summed E-state index contributed by atoms with van der Waals surface area (Å²) in [7, 11) is 0. The van der Waals surface area contributed by atoms with Crippen molar-refractivity contribution >= 4 is 23.6 Å². The maximum atomic E-state index is 13.4. The van der Waals surface area contributed by atoms with E-state index in [1.54, 1.807) is 11.8 Å². The maximum absolute atomic E-state index is 13.4. The van der Waals surface area contributed by atoms with Crippen molar-refractivity contribution in [2.45, 2.75) is 44.2 Å². The van der Waals surface area contributed by atoms with Gasteiger partial charge in [0.15, 0.2) is 0 Å². The van der Waals surface area contributed by atoms with Gasteiger partial charge in [-0.3, -0.25) is 9.59 Å². The van der Waals surface area contributed by atoms with Crippen molar-refractivity contribution in [3.8, 4) is 0 Å². The lowest BCUT2D eigenvalue weighted by atomic mass is 9.76. The molecule has 26 heavy (non-hydrogen) atoms. The quantitative estimate of drug-likeness (QED) is 0.795. The van der Waals surface area contributed by atoms with E-state index in [2.05, 4.69) is 20.6 Å². The fraction of sp³-hybridized carbons (Fsp3) is 0.700. The van der Waals surface area contributed by atoms with Crippen molar-refractivity contribution < 1.29 is 9.59 Å². The molecule has 2 amide bonds. The summed E-state index contributed by atoms with van der Waals surface area (Å²) in [6.07, 6.45) is 11.0. The summed E-state index contributed by atoms with van der Waals surface area (Å²) in [4.78, 5) is 29.9. The lowest BCUT2D eigenvalue weighted by Crippen LogP contribution is -2.61. The van der Waals surface area contributed by atoms with Crippen molar-refractivity contribution in [3.63, 3.8) is 0 Å². The first-order valence-corrected chi connectivity index (χ1v) is 11.3. The number of rotatable bonds is 5. The molecule has 0 N–H and O–H groups in total. The Labute approximate surface area is 160 Å². The molecule has 142 valence electrons. The summed E-state index contributed by atoms with van der Waals surface area (Å²) in [6, 6.07) is 4.26. The standard InChI is InChI=1S/C20H29N3O2S/c1-26-10-7-18(21-8-2-3-9-21)20(25)22-12-15-11-16(14-22)17-5-4-6-19(24)23(17)13-15/h2-3,8-9,15-18H,4-7,10-14H2,1H3/t15-,16+,17+,18+/m1/s1. The predicted octanol–water partition coefficient (Wildman–Crippen LogP) is 2.64. The van der Waals surface area contributed by atoms with Gasteiger partial charge in [-0.15, -0.1) is 0 Å². The molecule has 3 aliphatic rings. The molecule has 0 aliphatic carbocycles. The number of likely N-dealkylation sites (tertiary alicyclic amines) is 1. The van der Waals surface area contributed by atoms with Crippen LogP contribution in [0.1, 0.15) is 38.1 Å². The van der Waals surface area contributed by atoms with Gasteiger partial charge in [0.25, 0.3) is 0 Å². The fourth-order valence-corrected chi connectivity index (χ4v) is 5.64. The molecule has 3 aliphatic heterocycles. The summed E-state index contributed by atoms with van der Waals surface area (Å²) < 4.78 is 2.07. The summed E-state index contributed by atoms with van der Waals surface area (Å²) in [5, 5.41) is 0. The summed E-state index contributed by atoms with van der Waals surface area (Å²) in [5.74, 6) is 2.49. The Balaban J connectivity index is 1.49. The number of aromatic nitrogens is 1. The van der Waals surface area contributed by atoms with Crippen molar-refractivity contribution in [3.05, 3.63) is 24.5 Å². The molecule has 4 atom stereocenters. The van der Waals surface area contributed by atoms with E-state index in [1.165, 1.54) is 6.42 Å². The third-order valence-electron chi connectivity index (χ3n) is 6.36. The van der Waals surface area contributed by atoms with Crippen LogP contribution in [0.4, 0.5) is 0 Å². The average Bonchev–Trinajstić information content (AvgIpc) is 3.17. The molecule has 0 aromatic carbocycles. The van der Waals surface area contributed by atoms with Crippen LogP contribution in [0.15, 0.2) is 24.5 Å². The second-order valence-corrected chi connectivity index (χ2v) is 9.02. The van der Waals surface area contributed by atoms with Crippen LogP contribution in [0, 0.1) is 11.8 Å². The number of hydrogen-bond acceptors (Lipinski definition) is 3. The van der Waals surface area contributed by atoms with Gasteiger partial charge < -0.3 is 14.4 Å². The highest BCUT2D eigenvalue weighted by molar-refractivity contribution is 7.98. The molecule has 3 fully saturated rings. The summed E-state index contributed by atoms with van der Waals surface area (Å²) in [6.45, 7) is 2.48. The minimum absolute atomic E-state index is 0.0969. The lowest BCUT2D eigenvalue weighted by Gasteiger charge is -2.52. The minimum Gasteiger partial charge on any atom is -0.342 e. The molecule has 4 rings (SSSR count). The van der Waals surface area contributed by atoms with Crippen molar-refractivity contribution in [1.29, 1.82) is 0 Å². The summed E-state index contributed by atoms with van der Waals surface area (Å²) in [5.41, 5.74) is 0. The molecule has 6 heteroatoms. The Hall–Kier alpha value is -1.43. The second kappa shape index (κ2) is 7.67.